The van der Waals surface area contributed by atoms with Crippen molar-refractivity contribution in [2.75, 3.05) is 7.11 Å². The summed E-state index contributed by atoms with van der Waals surface area (Å²) in [5, 5.41) is 3.31. The predicted octanol–water partition coefficient (Wildman–Crippen LogP) is 1.16. The highest BCUT2D eigenvalue weighted by molar-refractivity contribution is 6.02. The van der Waals surface area contributed by atoms with Crippen LogP contribution in [0.5, 0.6) is 0 Å². The van der Waals surface area contributed by atoms with Crippen molar-refractivity contribution in [3.05, 3.63) is 11.3 Å². The molecular formula is C12H17NO3. The Hall–Kier alpha value is -1.32. The van der Waals surface area contributed by atoms with Crippen LogP contribution in [0.2, 0.25) is 0 Å². The molecule has 0 radical (unpaired) electrons. The number of hydrogen-bond donors (Lipinski definition) is 1. The second kappa shape index (κ2) is 4.28. The van der Waals surface area contributed by atoms with E-state index in [0.717, 1.165) is 18.5 Å². The average molecular weight is 223 g/mol. The number of hydrogen-bond acceptors (Lipinski definition) is 4. The maximum Gasteiger partial charge on any atom is 0.313 e. The molecule has 1 aliphatic carbocycles. The lowest BCUT2D eigenvalue weighted by atomic mass is 9.80. The second-order valence-corrected chi connectivity index (χ2v) is 4.53. The minimum absolute atomic E-state index is 0.107. The third-order valence-electron chi connectivity index (χ3n) is 3.30. The third-order valence-corrected chi connectivity index (χ3v) is 3.30. The van der Waals surface area contributed by atoms with Crippen LogP contribution in [0.4, 0.5) is 0 Å². The van der Waals surface area contributed by atoms with E-state index in [2.05, 4.69) is 5.32 Å². The van der Waals surface area contributed by atoms with Gasteiger partial charge in [0.1, 0.15) is 0 Å². The van der Waals surface area contributed by atoms with E-state index in [1.807, 2.05) is 6.92 Å². The van der Waals surface area contributed by atoms with Crippen LogP contribution in [0, 0.1) is 5.92 Å². The van der Waals surface area contributed by atoms with Gasteiger partial charge >= 0.3 is 5.97 Å². The lowest BCUT2D eigenvalue weighted by Crippen LogP contribution is -2.41. The summed E-state index contributed by atoms with van der Waals surface area (Å²) < 4.78 is 4.78. The fourth-order valence-electron chi connectivity index (χ4n) is 2.60. The van der Waals surface area contributed by atoms with E-state index in [4.69, 9.17) is 4.74 Å². The van der Waals surface area contributed by atoms with Crippen molar-refractivity contribution in [3.63, 3.8) is 0 Å². The number of methoxy groups -OCH3 is 1. The Morgan fingerprint density at radius 3 is 2.88 bits per heavy atom. The van der Waals surface area contributed by atoms with Gasteiger partial charge in [-0.1, -0.05) is 0 Å². The van der Waals surface area contributed by atoms with E-state index in [0.29, 0.717) is 18.4 Å². The van der Waals surface area contributed by atoms with Gasteiger partial charge in [-0.3, -0.25) is 9.59 Å². The summed E-state index contributed by atoms with van der Waals surface area (Å²) in [5.41, 5.74) is 1.64. The molecule has 0 amide bonds. The molecule has 0 fully saturated rings. The van der Waals surface area contributed by atoms with Gasteiger partial charge in [-0.15, -0.1) is 0 Å². The second-order valence-electron chi connectivity index (χ2n) is 4.53. The van der Waals surface area contributed by atoms with Crippen molar-refractivity contribution in [1.82, 2.24) is 5.32 Å². The molecule has 0 saturated carbocycles. The van der Waals surface area contributed by atoms with Gasteiger partial charge in [0.2, 0.25) is 0 Å². The molecule has 2 atom stereocenters. The van der Waals surface area contributed by atoms with Crippen LogP contribution in [0.15, 0.2) is 11.3 Å². The molecule has 4 nitrogen and oxygen atoms in total. The van der Waals surface area contributed by atoms with E-state index in [9.17, 15) is 9.59 Å². The van der Waals surface area contributed by atoms with E-state index >= 15 is 0 Å². The zero-order valence-corrected chi connectivity index (χ0v) is 9.71. The van der Waals surface area contributed by atoms with Crippen LogP contribution < -0.4 is 5.32 Å². The first-order chi connectivity index (χ1) is 7.63. The van der Waals surface area contributed by atoms with Gasteiger partial charge < -0.3 is 10.1 Å². The van der Waals surface area contributed by atoms with Gasteiger partial charge in [0.05, 0.1) is 13.0 Å². The Kier molecular flexibility index (Phi) is 2.99. The van der Waals surface area contributed by atoms with Crippen LogP contribution in [0.1, 0.15) is 32.6 Å². The van der Waals surface area contributed by atoms with Gasteiger partial charge in [-0.2, -0.15) is 0 Å². The van der Waals surface area contributed by atoms with E-state index in [-0.39, 0.29) is 23.7 Å². The zero-order chi connectivity index (χ0) is 11.7. The molecule has 88 valence electrons. The largest absolute Gasteiger partial charge is 0.469 e. The smallest absolute Gasteiger partial charge is 0.313 e. The predicted molar refractivity (Wildman–Crippen MR) is 58.6 cm³/mol. The van der Waals surface area contributed by atoms with Crippen LogP contribution in [-0.4, -0.2) is 24.9 Å². The number of ketones is 1. The maximum absolute atomic E-state index is 11.9. The number of allylic oxidation sites excluding steroid dienone is 1. The van der Waals surface area contributed by atoms with Crippen LogP contribution in [0.25, 0.3) is 0 Å². The summed E-state index contributed by atoms with van der Waals surface area (Å²) >= 11 is 0. The molecule has 0 aromatic rings. The fourth-order valence-corrected chi connectivity index (χ4v) is 2.60. The molecule has 0 spiro atoms. The number of carbonyl (C=O) groups is 2. The number of carbonyl (C=O) groups excluding carboxylic acids is 2. The molecular weight excluding hydrogens is 206 g/mol. The number of rotatable bonds is 1. The van der Waals surface area contributed by atoms with Gasteiger partial charge in [-0.25, -0.2) is 0 Å². The number of nitrogens with one attached hydrogen (secondary N) is 1. The molecule has 0 aromatic carbocycles. The standard InChI is InChI=1S/C12H17NO3/c1-7-6-8(12(15)16-2)11-9(13-7)4-3-5-10(11)14/h7-8,13H,3-6H2,1-2H3/t7-,8+/m0/s1. The molecule has 4 heteroatoms. The summed E-state index contributed by atoms with van der Waals surface area (Å²) in [6.45, 7) is 2.03. The van der Waals surface area contributed by atoms with Crippen molar-refractivity contribution >= 4 is 11.8 Å². The first kappa shape index (κ1) is 11.2. The Bertz CT molecular complexity index is 359. The number of Topliss-reactive ketones (excluding diaryl/α,β-unsaturated/α-hetero) is 1. The summed E-state index contributed by atoms with van der Waals surface area (Å²) in [4.78, 5) is 23.5. The van der Waals surface area contributed by atoms with Crippen LogP contribution in [0.3, 0.4) is 0 Å². The van der Waals surface area contributed by atoms with Crippen molar-refractivity contribution in [2.45, 2.75) is 38.6 Å². The Morgan fingerprint density at radius 1 is 1.44 bits per heavy atom. The highest BCUT2D eigenvalue weighted by atomic mass is 16.5. The zero-order valence-electron chi connectivity index (χ0n) is 9.71. The quantitative estimate of drug-likeness (QED) is 0.678. The van der Waals surface area contributed by atoms with Gasteiger partial charge in [0.25, 0.3) is 0 Å². The fraction of sp³-hybridized carbons (Fsp3) is 0.667. The molecule has 1 N–H and O–H groups in total. The van der Waals surface area contributed by atoms with Crippen LogP contribution >= 0.6 is 0 Å². The molecule has 16 heavy (non-hydrogen) atoms. The molecule has 0 bridgehead atoms. The van der Waals surface area contributed by atoms with Gasteiger partial charge in [0.15, 0.2) is 5.78 Å². The Morgan fingerprint density at radius 2 is 2.19 bits per heavy atom. The monoisotopic (exact) mass is 223 g/mol. The minimum Gasteiger partial charge on any atom is -0.469 e. The molecule has 2 aliphatic rings. The third kappa shape index (κ3) is 1.84. The van der Waals surface area contributed by atoms with Gasteiger partial charge in [0, 0.05) is 23.7 Å². The molecule has 0 aromatic heterocycles. The first-order valence-electron chi connectivity index (χ1n) is 5.74. The Labute approximate surface area is 95.0 Å². The minimum atomic E-state index is -0.357. The highest BCUT2D eigenvalue weighted by Crippen LogP contribution is 2.33. The number of ether oxygens (including phenoxy) is 1. The highest BCUT2D eigenvalue weighted by Gasteiger charge is 2.37. The normalized spacial score (nSPS) is 29.5. The topological polar surface area (TPSA) is 55.4 Å². The van der Waals surface area contributed by atoms with E-state index in [1.165, 1.54) is 7.11 Å². The molecule has 0 unspecified atom stereocenters. The van der Waals surface area contributed by atoms with Crippen LogP contribution in [-0.2, 0) is 14.3 Å². The van der Waals surface area contributed by atoms with Crippen molar-refractivity contribution in [3.8, 4) is 0 Å². The van der Waals surface area contributed by atoms with Crippen molar-refractivity contribution in [2.24, 2.45) is 5.92 Å². The summed E-state index contributed by atoms with van der Waals surface area (Å²) in [5.74, 6) is -0.531. The molecule has 1 heterocycles. The Balaban J connectivity index is 2.36. The van der Waals surface area contributed by atoms with E-state index in [1.54, 1.807) is 0 Å². The van der Waals surface area contributed by atoms with E-state index < -0.39 is 0 Å². The summed E-state index contributed by atoms with van der Waals surface area (Å²) in [6, 6.07) is 0.230. The molecule has 2 rings (SSSR count). The van der Waals surface area contributed by atoms with Crippen molar-refractivity contribution in [1.29, 1.82) is 0 Å². The lowest BCUT2D eigenvalue weighted by Gasteiger charge is -2.34. The van der Waals surface area contributed by atoms with Gasteiger partial charge in [-0.05, 0) is 26.2 Å². The number of esters is 1. The average Bonchev–Trinajstić information content (AvgIpc) is 2.27. The molecule has 0 saturated heterocycles. The summed E-state index contributed by atoms with van der Waals surface area (Å²) in [6.07, 6.45) is 2.96. The van der Waals surface area contributed by atoms with Crippen molar-refractivity contribution < 1.29 is 14.3 Å². The molecule has 1 aliphatic heterocycles. The maximum atomic E-state index is 11.9. The summed E-state index contributed by atoms with van der Waals surface area (Å²) in [7, 11) is 1.38. The first-order valence-corrected chi connectivity index (χ1v) is 5.74. The SMILES string of the molecule is COC(=O)[C@@H]1C[C@H](C)NC2=C1C(=O)CCC2. The lowest BCUT2D eigenvalue weighted by molar-refractivity contribution is -0.145.